The van der Waals surface area contributed by atoms with Crippen LogP contribution < -0.4 is 11.1 Å². The van der Waals surface area contributed by atoms with E-state index in [2.05, 4.69) is 10.4 Å². The summed E-state index contributed by atoms with van der Waals surface area (Å²) in [6.07, 6.45) is 5.85. The van der Waals surface area contributed by atoms with Crippen molar-refractivity contribution in [3.8, 4) is 0 Å². The minimum atomic E-state index is 0.168. The molecule has 100 valence electrons. The predicted octanol–water partition coefficient (Wildman–Crippen LogP) is 0.801. The van der Waals surface area contributed by atoms with Crippen molar-refractivity contribution in [1.29, 1.82) is 0 Å². The van der Waals surface area contributed by atoms with Gasteiger partial charge in [-0.1, -0.05) is 0 Å². The summed E-state index contributed by atoms with van der Waals surface area (Å²) in [7, 11) is 1.88. The standard InChI is InChI=1S/C13H22N4O/c1-17-12(6-7-16-17)9-15-13(18)11-4-2-10(8-14)3-5-11/h6-7,10-11H,2-5,8-9,14H2,1H3,(H,15,18). The molecule has 0 aromatic carbocycles. The summed E-state index contributed by atoms with van der Waals surface area (Å²) in [5, 5.41) is 7.08. The van der Waals surface area contributed by atoms with Gasteiger partial charge in [-0.05, 0) is 44.2 Å². The molecule has 0 bridgehead atoms. The van der Waals surface area contributed by atoms with Crippen LogP contribution in [0.25, 0.3) is 0 Å². The molecule has 1 aromatic heterocycles. The summed E-state index contributed by atoms with van der Waals surface area (Å²) in [6, 6.07) is 1.92. The average molecular weight is 250 g/mol. The van der Waals surface area contributed by atoms with Crippen molar-refractivity contribution in [2.75, 3.05) is 6.54 Å². The maximum atomic E-state index is 12.0. The molecule has 5 heteroatoms. The Morgan fingerprint density at radius 2 is 2.22 bits per heavy atom. The lowest BCUT2D eigenvalue weighted by atomic mass is 9.81. The molecule has 1 aliphatic rings. The van der Waals surface area contributed by atoms with Gasteiger partial charge in [-0.25, -0.2) is 0 Å². The van der Waals surface area contributed by atoms with Crippen LogP contribution in [0.3, 0.4) is 0 Å². The van der Waals surface area contributed by atoms with E-state index in [1.165, 1.54) is 0 Å². The van der Waals surface area contributed by atoms with Crippen molar-refractivity contribution < 1.29 is 4.79 Å². The Bertz CT molecular complexity index is 393. The molecular formula is C13H22N4O. The number of aromatic nitrogens is 2. The van der Waals surface area contributed by atoms with Crippen LogP contribution >= 0.6 is 0 Å². The summed E-state index contributed by atoms with van der Waals surface area (Å²) in [6.45, 7) is 1.31. The van der Waals surface area contributed by atoms with Crippen LogP contribution in [0, 0.1) is 11.8 Å². The second kappa shape index (κ2) is 6.00. The van der Waals surface area contributed by atoms with Gasteiger partial charge in [0, 0.05) is 19.2 Å². The predicted molar refractivity (Wildman–Crippen MR) is 69.6 cm³/mol. The maximum absolute atomic E-state index is 12.0. The molecule has 1 aromatic rings. The first kappa shape index (κ1) is 13.1. The van der Waals surface area contributed by atoms with Gasteiger partial charge in [0.05, 0.1) is 12.2 Å². The molecule has 0 radical (unpaired) electrons. The maximum Gasteiger partial charge on any atom is 0.223 e. The lowest BCUT2D eigenvalue weighted by molar-refractivity contribution is -0.126. The van der Waals surface area contributed by atoms with E-state index >= 15 is 0 Å². The van der Waals surface area contributed by atoms with Crippen molar-refractivity contribution in [1.82, 2.24) is 15.1 Å². The fraction of sp³-hybridized carbons (Fsp3) is 0.692. The minimum absolute atomic E-state index is 0.168. The van der Waals surface area contributed by atoms with Crippen molar-refractivity contribution in [3.63, 3.8) is 0 Å². The largest absolute Gasteiger partial charge is 0.350 e. The van der Waals surface area contributed by atoms with Gasteiger partial charge in [0.1, 0.15) is 0 Å². The lowest BCUT2D eigenvalue weighted by Gasteiger charge is -2.26. The molecule has 5 nitrogen and oxygen atoms in total. The highest BCUT2D eigenvalue weighted by atomic mass is 16.1. The molecule has 0 saturated heterocycles. The zero-order valence-corrected chi connectivity index (χ0v) is 10.9. The zero-order valence-electron chi connectivity index (χ0n) is 10.9. The second-order valence-electron chi connectivity index (χ2n) is 5.12. The third-order valence-electron chi connectivity index (χ3n) is 3.92. The summed E-state index contributed by atoms with van der Waals surface area (Å²) < 4.78 is 1.78. The number of aryl methyl sites for hydroxylation is 1. The van der Waals surface area contributed by atoms with Crippen LogP contribution in [0.4, 0.5) is 0 Å². The van der Waals surface area contributed by atoms with Gasteiger partial charge in [-0.2, -0.15) is 5.10 Å². The summed E-state index contributed by atoms with van der Waals surface area (Å²) >= 11 is 0. The first-order chi connectivity index (χ1) is 8.70. The van der Waals surface area contributed by atoms with E-state index in [1.807, 2.05) is 13.1 Å². The first-order valence-electron chi connectivity index (χ1n) is 6.65. The van der Waals surface area contributed by atoms with Crippen LogP contribution in [-0.2, 0) is 18.4 Å². The highest BCUT2D eigenvalue weighted by Gasteiger charge is 2.25. The van der Waals surface area contributed by atoms with Gasteiger partial charge in [0.2, 0.25) is 5.91 Å². The Morgan fingerprint density at radius 3 is 2.78 bits per heavy atom. The minimum Gasteiger partial charge on any atom is -0.350 e. The molecule has 3 N–H and O–H groups in total. The zero-order chi connectivity index (χ0) is 13.0. The molecule has 0 spiro atoms. The topological polar surface area (TPSA) is 72.9 Å². The lowest BCUT2D eigenvalue weighted by Crippen LogP contribution is -2.34. The smallest absolute Gasteiger partial charge is 0.223 e. The van der Waals surface area contributed by atoms with E-state index in [0.717, 1.165) is 37.9 Å². The summed E-state index contributed by atoms with van der Waals surface area (Å²) in [5.41, 5.74) is 6.68. The quantitative estimate of drug-likeness (QED) is 0.830. The van der Waals surface area contributed by atoms with Crippen molar-refractivity contribution in [3.05, 3.63) is 18.0 Å². The Hall–Kier alpha value is -1.36. The summed E-state index contributed by atoms with van der Waals surface area (Å²) in [5.74, 6) is 0.957. The number of nitrogens with one attached hydrogen (secondary N) is 1. The number of hydrogen-bond donors (Lipinski definition) is 2. The number of carbonyl (C=O) groups excluding carboxylic acids is 1. The highest BCUT2D eigenvalue weighted by molar-refractivity contribution is 5.78. The van der Waals surface area contributed by atoms with Gasteiger partial charge < -0.3 is 11.1 Å². The van der Waals surface area contributed by atoms with Crippen molar-refractivity contribution >= 4 is 5.91 Å². The first-order valence-corrected chi connectivity index (χ1v) is 6.65. The van der Waals surface area contributed by atoms with Crippen LogP contribution in [0.1, 0.15) is 31.4 Å². The number of nitrogens with two attached hydrogens (primary N) is 1. The fourth-order valence-corrected chi connectivity index (χ4v) is 2.56. The van der Waals surface area contributed by atoms with E-state index in [0.29, 0.717) is 12.5 Å². The Kier molecular flexibility index (Phi) is 4.36. The molecular weight excluding hydrogens is 228 g/mol. The molecule has 0 aliphatic heterocycles. The van der Waals surface area contributed by atoms with E-state index in [9.17, 15) is 4.79 Å². The number of amides is 1. The van der Waals surface area contributed by atoms with Crippen LogP contribution in [0.5, 0.6) is 0 Å². The molecule has 1 saturated carbocycles. The summed E-state index contributed by atoms with van der Waals surface area (Å²) in [4.78, 5) is 12.0. The molecule has 1 amide bonds. The fourth-order valence-electron chi connectivity index (χ4n) is 2.56. The van der Waals surface area contributed by atoms with Crippen LogP contribution in [0.15, 0.2) is 12.3 Å². The number of rotatable bonds is 4. The van der Waals surface area contributed by atoms with Gasteiger partial charge in [0.25, 0.3) is 0 Å². The van der Waals surface area contributed by atoms with E-state index in [4.69, 9.17) is 5.73 Å². The van der Waals surface area contributed by atoms with E-state index in [1.54, 1.807) is 10.9 Å². The molecule has 0 atom stereocenters. The Labute approximate surface area is 108 Å². The van der Waals surface area contributed by atoms with E-state index < -0.39 is 0 Å². The molecule has 1 fully saturated rings. The normalized spacial score (nSPS) is 23.9. The molecule has 18 heavy (non-hydrogen) atoms. The third-order valence-corrected chi connectivity index (χ3v) is 3.92. The third kappa shape index (κ3) is 3.10. The van der Waals surface area contributed by atoms with Gasteiger partial charge >= 0.3 is 0 Å². The average Bonchev–Trinajstić information content (AvgIpc) is 2.81. The van der Waals surface area contributed by atoms with Crippen molar-refractivity contribution in [2.45, 2.75) is 32.2 Å². The van der Waals surface area contributed by atoms with E-state index in [-0.39, 0.29) is 11.8 Å². The molecule has 2 rings (SSSR count). The number of carbonyl (C=O) groups is 1. The monoisotopic (exact) mass is 250 g/mol. The molecule has 0 unspecified atom stereocenters. The van der Waals surface area contributed by atoms with Crippen LogP contribution in [-0.4, -0.2) is 22.2 Å². The van der Waals surface area contributed by atoms with Gasteiger partial charge in [0.15, 0.2) is 0 Å². The second-order valence-corrected chi connectivity index (χ2v) is 5.12. The number of nitrogens with zero attached hydrogens (tertiary/aromatic N) is 2. The number of hydrogen-bond acceptors (Lipinski definition) is 3. The Morgan fingerprint density at radius 1 is 1.50 bits per heavy atom. The SMILES string of the molecule is Cn1nccc1CNC(=O)C1CCC(CN)CC1. The van der Waals surface area contributed by atoms with Crippen molar-refractivity contribution in [2.24, 2.45) is 24.6 Å². The molecule has 1 aliphatic carbocycles. The molecule has 1 heterocycles. The Balaban J connectivity index is 1.77. The highest BCUT2D eigenvalue weighted by Crippen LogP contribution is 2.28. The van der Waals surface area contributed by atoms with Crippen LogP contribution in [0.2, 0.25) is 0 Å². The van der Waals surface area contributed by atoms with Gasteiger partial charge in [-0.15, -0.1) is 0 Å². The van der Waals surface area contributed by atoms with Gasteiger partial charge in [-0.3, -0.25) is 9.48 Å².